The summed E-state index contributed by atoms with van der Waals surface area (Å²) >= 11 is 0. The molecule has 2 unspecified atom stereocenters. The van der Waals surface area contributed by atoms with Crippen LogP contribution in [-0.4, -0.2) is 24.5 Å². The van der Waals surface area contributed by atoms with Crippen LogP contribution in [-0.2, 0) is 14.3 Å². The largest absolute Gasteiger partial charge is 0.466 e. The van der Waals surface area contributed by atoms with Crippen molar-refractivity contribution in [3.8, 4) is 0 Å². The summed E-state index contributed by atoms with van der Waals surface area (Å²) in [6.45, 7) is 2.30. The minimum Gasteiger partial charge on any atom is -0.466 e. The molecular formula is C16H25NO3. The lowest BCUT2D eigenvalue weighted by molar-refractivity contribution is -0.149. The summed E-state index contributed by atoms with van der Waals surface area (Å²) in [5, 5.41) is 3.20. The molecule has 3 aliphatic carbocycles. The van der Waals surface area contributed by atoms with Gasteiger partial charge in [0, 0.05) is 12.0 Å². The highest BCUT2D eigenvalue weighted by Gasteiger charge is 2.48. The zero-order valence-electron chi connectivity index (χ0n) is 12.3. The third-order valence-corrected chi connectivity index (χ3v) is 5.31. The Kier molecular flexibility index (Phi) is 3.99. The highest BCUT2D eigenvalue weighted by Crippen LogP contribution is 2.54. The molecule has 2 atom stereocenters. The summed E-state index contributed by atoms with van der Waals surface area (Å²) in [6, 6.07) is 0.269. The minimum absolute atomic E-state index is 0.0437. The van der Waals surface area contributed by atoms with E-state index in [-0.39, 0.29) is 29.8 Å². The van der Waals surface area contributed by atoms with Crippen molar-refractivity contribution in [2.24, 2.45) is 23.7 Å². The quantitative estimate of drug-likeness (QED) is 0.803. The van der Waals surface area contributed by atoms with Gasteiger partial charge in [-0.25, -0.2) is 0 Å². The molecule has 3 fully saturated rings. The number of carbonyl (C=O) groups excluding carboxylic acids is 2. The normalized spacial score (nSPS) is 39.0. The van der Waals surface area contributed by atoms with Gasteiger partial charge < -0.3 is 10.1 Å². The molecule has 3 rings (SSSR count). The number of esters is 1. The van der Waals surface area contributed by atoms with Crippen molar-refractivity contribution in [3.63, 3.8) is 0 Å². The number of amides is 1. The second-order valence-electron chi connectivity index (χ2n) is 6.73. The zero-order chi connectivity index (χ0) is 14.1. The van der Waals surface area contributed by atoms with Crippen LogP contribution in [0.1, 0.15) is 51.9 Å². The monoisotopic (exact) mass is 279 g/mol. The molecular weight excluding hydrogens is 254 g/mol. The van der Waals surface area contributed by atoms with Gasteiger partial charge in [-0.3, -0.25) is 9.59 Å². The fraction of sp³-hybridized carbons (Fsp3) is 0.875. The van der Waals surface area contributed by atoms with Gasteiger partial charge in [0.2, 0.25) is 5.91 Å². The summed E-state index contributed by atoms with van der Waals surface area (Å²) in [4.78, 5) is 23.9. The Morgan fingerprint density at radius 2 is 1.65 bits per heavy atom. The third-order valence-electron chi connectivity index (χ3n) is 5.31. The molecule has 1 amide bonds. The zero-order valence-corrected chi connectivity index (χ0v) is 12.3. The fourth-order valence-electron chi connectivity index (χ4n) is 3.98. The van der Waals surface area contributed by atoms with Gasteiger partial charge in [0.05, 0.1) is 12.5 Å². The Bertz CT molecular complexity index is 377. The maximum absolute atomic E-state index is 12.2. The summed E-state index contributed by atoms with van der Waals surface area (Å²) in [5.41, 5.74) is 0. The van der Waals surface area contributed by atoms with Crippen molar-refractivity contribution in [1.29, 1.82) is 0 Å². The summed E-state index contributed by atoms with van der Waals surface area (Å²) in [5.74, 6) is 2.21. The van der Waals surface area contributed by atoms with Crippen molar-refractivity contribution < 1.29 is 14.3 Å². The van der Waals surface area contributed by atoms with Crippen LogP contribution in [0.2, 0.25) is 0 Å². The lowest BCUT2D eigenvalue weighted by Gasteiger charge is -2.28. The molecule has 0 saturated heterocycles. The second kappa shape index (κ2) is 5.74. The second-order valence-corrected chi connectivity index (χ2v) is 6.73. The van der Waals surface area contributed by atoms with Crippen LogP contribution in [0.5, 0.6) is 0 Å². The van der Waals surface area contributed by atoms with Crippen LogP contribution in [0.4, 0.5) is 0 Å². The van der Waals surface area contributed by atoms with E-state index in [2.05, 4.69) is 5.32 Å². The van der Waals surface area contributed by atoms with Gasteiger partial charge in [-0.15, -0.1) is 0 Å². The molecule has 3 saturated carbocycles. The Hall–Kier alpha value is -1.06. The van der Waals surface area contributed by atoms with Gasteiger partial charge in [0.15, 0.2) is 0 Å². The summed E-state index contributed by atoms with van der Waals surface area (Å²) in [6.07, 6.45) is 7.08. The molecule has 4 heteroatoms. The molecule has 0 radical (unpaired) electrons. The third kappa shape index (κ3) is 2.99. The first-order valence-corrected chi connectivity index (χ1v) is 8.14. The number of hydrogen-bond donors (Lipinski definition) is 1. The fourth-order valence-corrected chi connectivity index (χ4v) is 3.98. The van der Waals surface area contributed by atoms with E-state index >= 15 is 0 Å². The van der Waals surface area contributed by atoms with Gasteiger partial charge in [-0.05, 0) is 63.7 Å². The molecule has 3 aliphatic rings. The first-order chi connectivity index (χ1) is 9.67. The molecule has 1 N–H and O–H groups in total. The summed E-state index contributed by atoms with van der Waals surface area (Å²) < 4.78 is 5.07. The molecule has 0 heterocycles. The van der Waals surface area contributed by atoms with Gasteiger partial charge in [0.25, 0.3) is 0 Å². The number of carbonyl (C=O) groups is 2. The average molecular weight is 279 g/mol. The number of rotatable bonds is 4. The van der Waals surface area contributed by atoms with Gasteiger partial charge >= 0.3 is 5.97 Å². The van der Waals surface area contributed by atoms with E-state index in [0.717, 1.165) is 50.4 Å². The van der Waals surface area contributed by atoms with Crippen LogP contribution >= 0.6 is 0 Å². The molecule has 0 aromatic carbocycles. The minimum atomic E-state index is -0.0619. The maximum Gasteiger partial charge on any atom is 0.308 e. The lowest BCUT2D eigenvalue weighted by atomic mass is 9.85. The molecule has 20 heavy (non-hydrogen) atoms. The molecule has 0 bridgehead atoms. The van der Waals surface area contributed by atoms with Gasteiger partial charge in [-0.1, -0.05) is 0 Å². The lowest BCUT2D eigenvalue weighted by Crippen LogP contribution is -2.41. The Morgan fingerprint density at radius 3 is 2.25 bits per heavy atom. The van der Waals surface area contributed by atoms with E-state index in [0.29, 0.717) is 6.61 Å². The van der Waals surface area contributed by atoms with E-state index in [1.807, 2.05) is 6.92 Å². The average Bonchev–Trinajstić information content (AvgIpc) is 3.06. The van der Waals surface area contributed by atoms with Crippen LogP contribution in [0.3, 0.4) is 0 Å². The highest BCUT2D eigenvalue weighted by molar-refractivity contribution is 5.79. The van der Waals surface area contributed by atoms with Crippen molar-refractivity contribution in [3.05, 3.63) is 0 Å². The maximum atomic E-state index is 12.2. The predicted molar refractivity (Wildman–Crippen MR) is 74.8 cm³/mol. The summed E-state index contributed by atoms with van der Waals surface area (Å²) in [7, 11) is 0. The van der Waals surface area contributed by atoms with Crippen molar-refractivity contribution in [2.45, 2.75) is 57.9 Å². The molecule has 0 aromatic rings. The van der Waals surface area contributed by atoms with Crippen molar-refractivity contribution >= 4 is 11.9 Å². The number of ether oxygens (including phenoxy) is 1. The van der Waals surface area contributed by atoms with E-state index in [1.54, 1.807) is 0 Å². The van der Waals surface area contributed by atoms with Crippen LogP contribution in [0.15, 0.2) is 0 Å². The SMILES string of the molecule is CCOC(=O)C1CCC(NC(=O)C2CC3CC3C2)CC1. The Morgan fingerprint density at radius 1 is 1.00 bits per heavy atom. The first kappa shape index (κ1) is 13.9. The smallest absolute Gasteiger partial charge is 0.308 e. The van der Waals surface area contributed by atoms with Gasteiger partial charge in [0.1, 0.15) is 0 Å². The standard InChI is InChI=1S/C16H25NO3/c1-2-20-16(19)10-3-5-14(6-4-10)17-15(18)13-8-11-7-12(11)9-13/h10-14H,2-9H2,1H3,(H,17,18). The molecule has 4 nitrogen and oxygen atoms in total. The molecule has 0 aromatic heterocycles. The number of hydrogen-bond acceptors (Lipinski definition) is 3. The Labute approximate surface area is 120 Å². The predicted octanol–water partition coefficient (Wildman–Crippen LogP) is 2.27. The van der Waals surface area contributed by atoms with E-state index in [1.165, 1.54) is 6.42 Å². The van der Waals surface area contributed by atoms with E-state index in [9.17, 15) is 9.59 Å². The van der Waals surface area contributed by atoms with Crippen molar-refractivity contribution in [2.75, 3.05) is 6.61 Å². The van der Waals surface area contributed by atoms with Crippen LogP contribution in [0, 0.1) is 23.7 Å². The van der Waals surface area contributed by atoms with Gasteiger partial charge in [-0.2, -0.15) is 0 Å². The van der Waals surface area contributed by atoms with Crippen LogP contribution in [0.25, 0.3) is 0 Å². The van der Waals surface area contributed by atoms with E-state index < -0.39 is 0 Å². The van der Waals surface area contributed by atoms with Crippen LogP contribution < -0.4 is 5.32 Å². The van der Waals surface area contributed by atoms with Crippen molar-refractivity contribution in [1.82, 2.24) is 5.32 Å². The Balaban J connectivity index is 1.40. The van der Waals surface area contributed by atoms with E-state index in [4.69, 9.17) is 4.74 Å². The molecule has 0 aliphatic heterocycles. The molecule has 112 valence electrons. The number of fused-ring (bicyclic) bond motifs is 1. The topological polar surface area (TPSA) is 55.4 Å². The highest BCUT2D eigenvalue weighted by atomic mass is 16.5. The first-order valence-electron chi connectivity index (χ1n) is 8.14. The number of nitrogens with one attached hydrogen (secondary N) is 1. The molecule has 0 spiro atoms.